The number of ether oxygens (including phenoxy) is 2. The molecule has 0 aliphatic heterocycles. The highest BCUT2D eigenvalue weighted by molar-refractivity contribution is 6.09. The summed E-state index contributed by atoms with van der Waals surface area (Å²) < 4.78 is 23.0. The summed E-state index contributed by atoms with van der Waals surface area (Å²) in [7, 11) is 0. The van der Waals surface area contributed by atoms with Gasteiger partial charge >= 0.3 is 0 Å². The predicted molar refractivity (Wildman–Crippen MR) is 172 cm³/mol. The molecule has 4 aromatic carbocycles. The monoisotopic (exact) mass is 571 g/mol. The minimum Gasteiger partial charge on any atom is -0.494 e. The maximum Gasteiger partial charge on any atom is 0.211 e. The van der Waals surface area contributed by atoms with Gasteiger partial charge in [0.15, 0.2) is 0 Å². The molecule has 0 saturated carbocycles. The molecule has 2 amide bonds. The molecule has 0 aliphatic rings. The lowest BCUT2D eigenvalue weighted by atomic mass is 10.1. The molecule has 0 spiro atoms. The first-order chi connectivity index (χ1) is 19.6. The van der Waals surface area contributed by atoms with E-state index in [2.05, 4.69) is 33.6 Å². The van der Waals surface area contributed by atoms with Gasteiger partial charge in [0.2, 0.25) is 12.8 Å². The van der Waals surface area contributed by atoms with Crippen LogP contribution in [0.25, 0.3) is 43.6 Å². The highest BCUT2D eigenvalue weighted by atomic mass is 18.2. The van der Waals surface area contributed by atoms with Crippen molar-refractivity contribution in [3.63, 3.8) is 0 Å². The Hall–Kier alpha value is -5.05. The van der Waals surface area contributed by atoms with Crippen molar-refractivity contribution < 1.29 is 23.5 Å². The molecule has 0 unspecified atom stereocenters. The minimum atomic E-state index is -0.508. The van der Waals surface area contributed by atoms with Gasteiger partial charge in [-0.05, 0) is 55.0 Å². The molecule has 0 bridgehead atoms. The molecular formula is C33H37FN4O4. The molecule has 6 rings (SSSR count). The standard InChI is InChI=1S/C16H16N2O2.C15H13FN2O2.2CH4/c1-2-7-20-12-4-6-14-13-5-3-11(17-10-19)8-15(13)18-16(14)9-12;16-5-6-20-11-2-4-13-12-3-1-10(17-9-19)7-14(12)18-15(13)8-11;;/h3-6,8-10,18H,2,7H2,1H3,(H,17,19);1-4,7-9,18H,5-6H2,(H,17,19);2*1H4/i;16-1;;. The highest BCUT2D eigenvalue weighted by Gasteiger charge is 2.08. The zero-order chi connectivity index (χ0) is 27.9. The van der Waals surface area contributed by atoms with Crippen LogP contribution in [0.5, 0.6) is 11.5 Å². The van der Waals surface area contributed by atoms with Gasteiger partial charge in [0.05, 0.1) is 17.6 Å². The number of nitrogens with one attached hydrogen (secondary N) is 4. The largest absolute Gasteiger partial charge is 0.494 e. The number of alkyl halides is 1. The van der Waals surface area contributed by atoms with Crippen molar-refractivity contribution >= 4 is 67.8 Å². The summed E-state index contributed by atoms with van der Waals surface area (Å²) in [6.07, 6.45) is 2.32. The molecule has 0 fully saturated rings. The summed E-state index contributed by atoms with van der Waals surface area (Å²) in [4.78, 5) is 27.6. The molecule has 8 nitrogen and oxygen atoms in total. The summed E-state index contributed by atoms with van der Waals surface area (Å²) in [5, 5.41) is 9.69. The predicted octanol–water partition coefficient (Wildman–Crippen LogP) is 8.19. The van der Waals surface area contributed by atoms with E-state index in [1.807, 2.05) is 66.7 Å². The van der Waals surface area contributed by atoms with Crippen LogP contribution in [-0.2, 0) is 9.59 Å². The van der Waals surface area contributed by atoms with Crippen molar-refractivity contribution in [1.29, 1.82) is 0 Å². The topological polar surface area (TPSA) is 108 Å². The van der Waals surface area contributed by atoms with Crippen LogP contribution in [0.15, 0.2) is 72.8 Å². The molecule has 0 atom stereocenters. The number of fused-ring (bicyclic) bond motifs is 6. The number of hydrogen-bond acceptors (Lipinski definition) is 4. The summed E-state index contributed by atoms with van der Waals surface area (Å²) in [5.74, 6) is 1.50. The van der Waals surface area contributed by atoms with Gasteiger partial charge in [-0.2, -0.15) is 0 Å². The summed E-state index contributed by atoms with van der Waals surface area (Å²) in [6.45, 7) is 2.35. The Morgan fingerprint density at radius 3 is 1.45 bits per heavy atom. The smallest absolute Gasteiger partial charge is 0.211 e. The van der Waals surface area contributed by atoms with Gasteiger partial charge in [-0.3, -0.25) is 9.59 Å². The summed E-state index contributed by atoms with van der Waals surface area (Å²) in [6, 6.07) is 23.2. The van der Waals surface area contributed by atoms with Crippen molar-refractivity contribution in [1.82, 2.24) is 9.97 Å². The number of aromatic nitrogens is 2. The Morgan fingerprint density at radius 1 is 0.643 bits per heavy atom. The molecule has 0 radical (unpaired) electrons. The molecule has 9 heteroatoms. The number of H-pyrrole nitrogens is 2. The Bertz CT molecular complexity index is 1660. The molecule has 2 heterocycles. The van der Waals surface area contributed by atoms with E-state index < -0.39 is 6.67 Å². The quantitative estimate of drug-likeness (QED) is 0.124. The number of carbonyl (C=O) groups is 2. The number of halogens is 1. The van der Waals surface area contributed by atoms with E-state index in [4.69, 9.17) is 9.47 Å². The lowest BCUT2D eigenvalue weighted by Crippen LogP contribution is -1.98. The van der Waals surface area contributed by atoms with Gasteiger partial charge in [-0.1, -0.05) is 33.9 Å². The van der Waals surface area contributed by atoms with Crippen LogP contribution >= 0.6 is 0 Å². The number of carbonyl (C=O) groups excluding carboxylic acids is 2. The lowest BCUT2D eigenvalue weighted by molar-refractivity contribution is -0.106. The number of amides is 2. The van der Waals surface area contributed by atoms with Crippen LogP contribution in [0.4, 0.5) is 15.8 Å². The normalized spacial score (nSPS) is 10.3. The fraction of sp³-hybridized carbons (Fsp3) is 0.212. The Kier molecular flexibility index (Phi) is 10.9. The van der Waals surface area contributed by atoms with E-state index in [0.29, 0.717) is 18.6 Å². The van der Waals surface area contributed by atoms with E-state index in [0.717, 1.165) is 73.8 Å². The van der Waals surface area contributed by atoms with Crippen LogP contribution in [-0.4, -0.2) is 42.7 Å². The third-order valence-corrected chi connectivity index (χ3v) is 6.41. The number of rotatable bonds is 10. The Morgan fingerprint density at radius 2 is 1.05 bits per heavy atom. The molecule has 42 heavy (non-hydrogen) atoms. The van der Waals surface area contributed by atoms with E-state index in [1.165, 1.54) is 0 Å². The van der Waals surface area contributed by atoms with Crippen LogP contribution < -0.4 is 20.1 Å². The number of benzene rings is 4. The van der Waals surface area contributed by atoms with Crippen molar-refractivity contribution in [3.05, 3.63) is 72.8 Å². The van der Waals surface area contributed by atoms with Crippen LogP contribution in [0, 0.1) is 0 Å². The number of anilines is 2. The maximum atomic E-state index is 12.1. The van der Waals surface area contributed by atoms with Gasteiger partial charge in [-0.15, -0.1) is 0 Å². The minimum absolute atomic E-state index is 0. The molecule has 2 aromatic heterocycles. The van der Waals surface area contributed by atoms with E-state index >= 15 is 0 Å². The second-order valence-corrected chi connectivity index (χ2v) is 9.10. The van der Waals surface area contributed by atoms with Crippen molar-refractivity contribution in [2.24, 2.45) is 0 Å². The van der Waals surface area contributed by atoms with Gasteiger partial charge < -0.3 is 30.1 Å². The van der Waals surface area contributed by atoms with Gasteiger partial charge in [0.1, 0.15) is 24.8 Å². The second kappa shape index (κ2) is 14.5. The fourth-order valence-electron chi connectivity index (χ4n) is 4.65. The molecule has 0 saturated heterocycles. The third-order valence-electron chi connectivity index (χ3n) is 6.41. The van der Waals surface area contributed by atoms with Crippen molar-refractivity contribution in [3.8, 4) is 11.5 Å². The Balaban J connectivity index is 0.000000220. The lowest BCUT2D eigenvalue weighted by Gasteiger charge is -2.03. The van der Waals surface area contributed by atoms with Crippen LogP contribution in [0.3, 0.4) is 0 Å². The SMILES string of the molecule is C.C.CCCOc1ccc2c(c1)[nH]c1cc(NC=O)ccc12.O=CNc1ccc2c(c1)[nH]c1cc(OCC[18F])ccc12. The molecular weight excluding hydrogens is 534 g/mol. The Labute approximate surface area is 244 Å². The van der Waals surface area contributed by atoms with Crippen molar-refractivity contribution in [2.75, 3.05) is 30.5 Å². The molecule has 220 valence electrons. The summed E-state index contributed by atoms with van der Waals surface area (Å²) in [5.41, 5.74) is 5.39. The maximum absolute atomic E-state index is 12.1. The second-order valence-electron chi connectivity index (χ2n) is 9.10. The first-order valence-corrected chi connectivity index (χ1v) is 13.0. The van der Waals surface area contributed by atoms with Crippen LogP contribution in [0.1, 0.15) is 28.2 Å². The summed E-state index contributed by atoms with van der Waals surface area (Å²) >= 11 is 0. The number of aromatic amines is 2. The average Bonchev–Trinajstić information content (AvgIpc) is 3.52. The zero-order valence-electron chi connectivity index (χ0n) is 21.9. The van der Waals surface area contributed by atoms with Crippen LogP contribution in [0.2, 0.25) is 0 Å². The van der Waals surface area contributed by atoms with Crippen molar-refractivity contribution in [2.45, 2.75) is 28.2 Å². The van der Waals surface area contributed by atoms with Gasteiger partial charge in [0, 0.05) is 56.1 Å². The van der Waals surface area contributed by atoms with Gasteiger partial charge in [0.25, 0.3) is 0 Å². The molecule has 4 N–H and O–H groups in total. The van der Waals surface area contributed by atoms with E-state index in [-0.39, 0.29) is 21.5 Å². The van der Waals surface area contributed by atoms with E-state index in [1.54, 1.807) is 0 Å². The fourth-order valence-corrected chi connectivity index (χ4v) is 4.65. The third kappa shape index (κ3) is 6.80. The highest BCUT2D eigenvalue weighted by Crippen LogP contribution is 2.31. The first kappa shape index (κ1) is 31.5. The van der Waals surface area contributed by atoms with Gasteiger partial charge in [-0.25, -0.2) is 4.39 Å². The molecule has 6 aromatic rings. The molecule has 0 aliphatic carbocycles. The van der Waals surface area contributed by atoms with E-state index in [9.17, 15) is 14.0 Å². The zero-order valence-corrected chi connectivity index (χ0v) is 21.9. The average molecular weight is 572 g/mol. The number of hydrogen-bond donors (Lipinski definition) is 4. The first-order valence-electron chi connectivity index (χ1n) is 13.0.